The fourth-order valence-corrected chi connectivity index (χ4v) is 4.60. The summed E-state index contributed by atoms with van der Waals surface area (Å²) in [6.07, 6.45) is 0. The maximum atomic E-state index is 9.95. The van der Waals surface area contributed by atoms with E-state index in [1.807, 2.05) is 0 Å². The zero-order valence-corrected chi connectivity index (χ0v) is 19.4. The minimum absolute atomic E-state index is 0.397. The molecule has 7 aromatic carbocycles. The molecule has 0 amide bonds. The number of fused-ring (bicyclic) bond motifs is 5. The van der Waals surface area contributed by atoms with E-state index < -0.39 is 222 Å². The predicted molar refractivity (Wildman–Crippen MR) is 165 cm³/mol. The highest BCUT2D eigenvalue weighted by molar-refractivity contribution is 6.22. The Balaban J connectivity index is 1.79. The molecule has 8 aromatic rings. The molecule has 0 spiro atoms. The molecule has 0 bridgehead atoms. The highest BCUT2D eigenvalue weighted by Gasteiger charge is 2.18. The second-order valence-electron chi connectivity index (χ2n) is 8.26. The van der Waals surface area contributed by atoms with Gasteiger partial charge in [-0.25, -0.2) is 0 Å². The Morgan fingerprint density at radius 2 is 0.923 bits per heavy atom. The van der Waals surface area contributed by atoms with Crippen molar-refractivity contribution in [2.45, 2.75) is 0 Å². The molecule has 0 atom stereocenters. The highest BCUT2D eigenvalue weighted by atomic mass is 16.3. The van der Waals surface area contributed by atoms with Crippen LogP contribution < -0.4 is 0 Å². The van der Waals surface area contributed by atoms with Gasteiger partial charge in [0.15, 0.2) is 0 Å². The van der Waals surface area contributed by atoms with Gasteiger partial charge in [0.25, 0.3) is 0 Å². The third-order valence-electron chi connectivity index (χ3n) is 6.19. The summed E-state index contributed by atoms with van der Waals surface area (Å²) in [6.45, 7) is 0. The van der Waals surface area contributed by atoms with E-state index in [0.29, 0.717) is 0 Å². The third kappa shape index (κ3) is 3.41. The molecule has 0 N–H and O–H groups in total. The highest BCUT2D eigenvalue weighted by Crippen LogP contribution is 2.45. The molecule has 0 aliphatic rings. The molecular formula is C38H24O. The van der Waals surface area contributed by atoms with Gasteiger partial charge in [0, 0.05) is 16.3 Å². The standard InChI is InChI=1S/C38H24O/c1-3-12-25(13-4-1)36-30-17-7-8-18-31(30)37(26-14-5-2-6-15-26)34-24-27(22-23-32(34)36)28-19-11-20-33-29-16-9-10-21-35(29)39-38(28)33/h1-24H/i1D,2D,3D,4D,5D,6D,7D,8D,9D,10D,11D,12D,13D,14D,15D,16D,17D,18D,19D,20D,21D,22D,23D,24D. The number of hydrogen-bond acceptors (Lipinski definition) is 1. The lowest BCUT2D eigenvalue weighted by Gasteiger charge is -2.18. The van der Waals surface area contributed by atoms with E-state index in [-0.39, 0.29) is 0 Å². The number of furan rings is 1. The van der Waals surface area contributed by atoms with Crippen LogP contribution in [0, 0.1) is 0 Å². The van der Waals surface area contributed by atoms with Crippen LogP contribution in [0.3, 0.4) is 0 Å². The average molecular weight is 521 g/mol. The fraction of sp³-hybridized carbons (Fsp3) is 0. The summed E-state index contributed by atoms with van der Waals surface area (Å²) < 4.78 is 218. The van der Waals surface area contributed by atoms with Crippen LogP contribution in [0.15, 0.2) is 149 Å². The largest absolute Gasteiger partial charge is 0.455 e. The SMILES string of the molecule is [2H]c1c([2H])c([2H])c(-c2c3c([2H])c([2H])c([2H])c([2H])c3c(-c3c([2H])c([2H])c([2H])c([2H])c3[2H])c3c([2H])c(-c4c([2H])c([2H])c([2H])c5c4oc4c([2H])c([2H])c([2H])c([2H])c45)c([2H])c([2H])c23)c([2H])c1[2H]. The molecule has 0 aliphatic carbocycles. The van der Waals surface area contributed by atoms with Crippen LogP contribution >= 0.6 is 0 Å². The van der Waals surface area contributed by atoms with Gasteiger partial charge >= 0.3 is 0 Å². The first-order chi connectivity index (χ1) is 29.3. The van der Waals surface area contributed by atoms with Crippen molar-refractivity contribution in [1.29, 1.82) is 0 Å². The topological polar surface area (TPSA) is 13.1 Å². The van der Waals surface area contributed by atoms with Gasteiger partial charge in [-0.2, -0.15) is 0 Å². The predicted octanol–water partition coefficient (Wildman–Crippen LogP) is 10.9. The fourth-order valence-electron chi connectivity index (χ4n) is 4.60. The van der Waals surface area contributed by atoms with Gasteiger partial charge in [0.05, 0.1) is 32.9 Å². The van der Waals surface area contributed by atoms with Crippen LogP contribution in [-0.4, -0.2) is 0 Å². The minimum Gasteiger partial charge on any atom is -0.455 e. The first-order valence-electron chi connectivity index (χ1n) is 23.4. The second kappa shape index (κ2) is 8.72. The van der Waals surface area contributed by atoms with Crippen molar-refractivity contribution in [2.24, 2.45) is 0 Å². The van der Waals surface area contributed by atoms with Crippen LogP contribution in [0.1, 0.15) is 32.9 Å². The van der Waals surface area contributed by atoms with Gasteiger partial charge in [0.2, 0.25) is 0 Å². The number of rotatable bonds is 3. The van der Waals surface area contributed by atoms with Gasteiger partial charge in [0.1, 0.15) is 11.2 Å². The summed E-state index contributed by atoms with van der Waals surface area (Å²) in [4.78, 5) is 0. The number of benzene rings is 7. The molecule has 0 saturated heterocycles. The summed E-state index contributed by atoms with van der Waals surface area (Å²) in [5.74, 6) is 0. The number of hydrogen-bond donors (Lipinski definition) is 0. The Hall–Kier alpha value is -5.14. The summed E-state index contributed by atoms with van der Waals surface area (Å²) in [7, 11) is 0. The Morgan fingerprint density at radius 1 is 0.385 bits per heavy atom. The van der Waals surface area contributed by atoms with Crippen molar-refractivity contribution >= 4 is 43.5 Å². The first kappa shape index (κ1) is 8.69. The van der Waals surface area contributed by atoms with E-state index in [0.717, 1.165) is 0 Å². The van der Waals surface area contributed by atoms with Crippen LogP contribution in [-0.2, 0) is 0 Å². The Kier molecular flexibility index (Phi) is 1.94. The first-order valence-corrected chi connectivity index (χ1v) is 11.4. The van der Waals surface area contributed by atoms with Crippen molar-refractivity contribution in [3.05, 3.63) is 145 Å². The summed E-state index contributed by atoms with van der Waals surface area (Å²) in [5, 5.41) is -3.68. The second-order valence-corrected chi connectivity index (χ2v) is 8.26. The summed E-state index contributed by atoms with van der Waals surface area (Å²) in [6, 6.07) is -21.7. The van der Waals surface area contributed by atoms with Gasteiger partial charge in [-0.1, -0.05) is 133 Å². The van der Waals surface area contributed by atoms with Crippen LogP contribution in [0.2, 0.25) is 0 Å². The molecule has 8 rings (SSSR count). The van der Waals surface area contributed by atoms with Crippen molar-refractivity contribution in [2.75, 3.05) is 0 Å². The molecule has 1 heteroatoms. The van der Waals surface area contributed by atoms with E-state index in [4.69, 9.17) is 30.5 Å². The molecule has 1 heterocycles. The lowest BCUT2D eigenvalue weighted by atomic mass is 9.85. The molecule has 0 saturated carbocycles. The quantitative estimate of drug-likeness (QED) is 0.211. The Bertz CT molecular complexity index is 3440. The molecule has 39 heavy (non-hydrogen) atoms. The van der Waals surface area contributed by atoms with Crippen molar-refractivity contribution in [1.82, 2.24) is 0 Å². The third-order valence-corrected chi connectivity index (χ3v) is 6.19. The summed E-state index contributed by atoms with van der Waals surface area (Å²) >= 11 is 0. The van der Waals surface area contributed by atoms with Crippen molar-refractivity contribution < 1.29 is 37.3 Å². The van der Waals surface area contributed by atoms with Gasteiger partial charge in [-0.05, 0) is 61.4 Å². The van der Waals surface area contributed by atoms with E-state index >= 15 is 0 Å². The normalized spacial score (nSPS) is 20.2. The van der Waals surface area contributed by atoms with Crippen LogP contribution in [0.25, 0.3) is 76.9 Å². The van der Waals surface area contributed by atoms with E-state index in [9.17, 15) is 6.85 Å². The molecule has 1 aromatic heterocycles. The monoisotopic (exact) mass is 520 g/mol. The smallest absolute Gasteiger partial charge is 0.143 e. The van der Waals surface area contributed by atoms with Crippen molar-refractivity contribution in [3.63, 3.8) is 0 Å². The van der Waals surface area contributed by atoms with E-state index in [1.165, 1.54) is 0 Å². The molecule has 0 aliphatic heterocycles. The zero-order valence-electron chi connectivity index (χ0n) is 43.4. The van der Waals surface area contributed by atoms with E-state index in [1.54, 1.807) is 0 Å². The van der Waals surface area contributed by atoms with Gasteiger partial charge in [-0.3, -0.25) is 0 Å². The van der Waals surface area contributed by atoms with Crippen molar-refractivity contribution in [3.8, 4) is 33.4 Å². The minimum atomic E-state index is -1.02. The van der Waals surface area contributed by atoms with Gasteiger partial charge in [-0.15, -0.1) is 0 Å². The molecule has 0 radical (unpaired) electrons. The van der Waals surface area contributed by atoms with Crippen LogP contribution in [0.5, 0.6) is 0 Å². The van der Waals surface area contributed by atoms with Crippen LogP contribution in [0.4, 0.5) is 0 Å². The molecule has 0 unspecified atom stereocenters. The maximum Gasteiger partial charge on any atom is 0.143 e. The lowest BCUT2D eigenvalue weighted by molar-refractivity contribution is 0.670. The number of para-hydroxylation sites is 2. The Morgan fingerprint density at radius 3 is 1.62 bits per heavy atom. The van der Waals surface area contributed by atoms with Gasteiger partial charge < -0.3 is 4.42 Å². The molecular weight excluding hydrogens is 472 g/mol. The maximum absolute atomic E-state index is 9.95. The Labute approximate surface area is 260 Å². The molecule has 182 valence electrons. The zero-order chi connectivity index (χ0) is 46.6. The molecule has 1 nitrogen and oxygen atoms in total. The average Bonchev–Trinajstić information content (AvgIpc) is 3.66. The summed E-state index contributed by atoms with van der Waals surface area (Å²) in [5.41, 5.74) is -5.56. The lowest BCUT2D eigenvalue weighted by Crippen LogP contribution is -1.91. The van der Waals surface area contributed by atoms with E-state index in [2.05, 4.69) is 0 Å². The molecule has 0 fully saturated rings.